The Bertz CT molecular complexity index is 1230. The highest BCUT2D eigenvalue weighted by Gasteiger charge is 2.20. The van der Waals surface area contributed by atoms with Crippen LogP contribution in [0.15, 0.2) is 79.1 Å². The lowest BCUT2D eigenvalue weighted by Gasteiger charge is -2.16. The van der Waals surface area contributed by atoms with Crippen molar-refractivity contribution in [2.75, 3.05) is 11.9 Å². The van der Waals surface area contributed by atoms with Gasteiger partial charge in [0, 0.05) is 48.7 Å². The Kier molecular flexibility index (Phi) is 4.96. The van der Waals surface area contributed by atoms with Crippen molar-refractivity contribution in [2.45, 2.75) is 19.4 Å². The van der Waals surface area contributed by atoms with Gasteiger partial charge in [0.25, 0.3) is 5.91 Å². The summed E-state index contributed by atoms with van der Waals surface area (Å²) in [6.07, 6.45) is 5.48. The van der Waals surface area contributed by atoms with Crippen LogP contribution in [0.25, 0.3) is 16.9 Å². The third kappa shape index (κ3) is 4.05. The monoisotopic (exact) mass is 410 g/mol. The van der Waals surface area contributed by atoms with Gasteiger partial charge in [-0.2, -0.15) is 0 Å². The van der Waals surface area contributed by atoms with E-state index in [1.807, 2.05) is 82.4 Å². The summed E-state index contributed by atoms with van der Waals surface area (Å²) < 4.78 is 1.98. The molecule has 2 aromatic heterocycles. The molecule has 1 aliphatic rings. The van der Waals surface area contributed by atoms with Crippen molar-refractivity contribution in [3.05, 3.63) is 90.3 Å². The van der Waals surface area contributed by atoms with E-state index < -0.39 is 0 Å². The van der Waals surface area contributed by atoms with E-state index in [0.717, 1.165) is 41.1 Å². The number of benzene rings is 2. The third-order valence-electron chi connectivity index (χ3n) is 5.54. The smallest absolute Gasteiger partial charge is 0.255 e. The van der Waals surface area contributed by atoms with E-state index in [-0.39, 0.29) is 11.8 Å². The van der Waals surface area contributed by atoms with E-state index >= 15 is 0 Å². The summed E-state index contributed by atoms with van der Waals surface area (Å²) in [7, 11) is 0. The predicted octanol–water partition coefficient (Wildman–Crippen LogP) is 4.38. The molecule has 154 valence electrons. The second kappa shape index (κ2) is 8.07. The van der Waals surface area contributed by atoms with Gasteiger partial charge >= 0.3 is 0 Å². The first-order chi connectivity index (χ1) is 15.2. The van der Waals surface area contributed by atoms with Crippen LogP contribution in [0.3, 0.4) is 0 Å². The number of anilines is 1. The average molecular weight is 410 g/mol. The van der Waals surface area contributed by atoms with Crippen LogP contribution in [0.5, 0.6) is 0 Å². The van der Waals surface area contributed by atoms with Gasteiger partial charge < -0.3 is 14.6 Å². The van der Waals surface area contributed by atoms with E-state index in [1.165, 1.54) is 0 Å². The molecule has 2 aromatic carbocycles. The summed E-state index contributed by atoms with van der Waals surface area (Å²) in [5.74, 6) is 0.00984. The van der Waals surface area contributed by atoms with Gasteiger partial charge in [0.2, 0.25) is 5.91 Å². The minimum atomic E-state index is -0.171. The van der Waals surface area contributed by atoms with Crippen LogP contribution < -0.4 is 5.32 Å². The number of likely N-dealkylation sites (tertiary alicyclic amines) is 1. The highest BCUT2D eigenvalue weighted by atomic mass is 16.2. The summed E-state index contributed by atoms with van der Waals surface area (Å²) in [5, 5.41) is 2.95. The van der Waals surface area contributed by atoms with Gasteiger partial charge in [0.05, 0.1) is 5.69 Å². The number of imidazole rings is 1. The Morgan fingerprint density at radius 1 is 1.03 bits per heavy atom. The van der Waals surface area contributed by atoms with Gasteiger partial charge in [-0.1, -0.05) is 30.3 Å². The molecule has 31 heavy (non-hydrogen) atoms. The second-order valence-corrected chi connectivity index (χ2v) is 7.74. The molecule has 0 bridgehead atoms. The Morgan fingerprint density at radius 3 is 2.68 bits per heavy atom. The number of nitrogens with one attached hydrogen (secondary N) is 1. The van der Waals surface area contributed by atoms with Crippen LogP contribution in [0.1, 0.15) is 28.8 Å². The van der Waals surface area contributed by atoms with E-state index in [2.05, 4.69) is 10.3 Å². The van der Waals surface area contributed by atoms with Crippen LogP contribution in [0, 0.1) is 0 Å². The second-order valence-electron chi connectivity index (χ2n) is 7.74. The van der Waals surface area contributed by atoms with Crippen LogP contribution in [-0.2, 0) is 11.3 Å². The number of hydrogen-bond donors (Lipinski definition) is 1. The van der Waals surface area contributed by atoms with Gasteiger partial charge in [-0.3, -0.25) is 9.59 Å². The number of fused-ring (bicyclic) bond motifs is 1. The minimum absolute atomic E-state index is 0.171. The molecule has 1 saturated heterocycles. The highest BCUT2D eigenvalue weighted by Crippen LogP contribution is 2.22. The van der Waals surface area contributed by atoms with Crippen molar-refractivity contribution in [3.8, 4) is 11.3 Å². The lowest BCUT2D eigenvalue weighted by atomic mass is 10.1. The molecule has 0 radical (unpaired) electrons. The SMILES string of the molecule is O=C(Nc1ccc(-c2cn3ccccc3n2)cc1)c1cccc(CN2CCCC2=O)c1. The number of nitrogens with zero attached hydrogens (tertiary/aromatic N) is 3. The number of amides is 2. The molecular weight excluding hydrogens is 388 g/mol. The average Bonchev–Trinajstić information content (AvgIpc) is 3.40. The molecule has 4 aromatic rings. The largest absolute Gasteiger partial charge is 0.338 e. The molecule has 3 heterocycles. The van der Waals surface area contributed by atoms with Crippen molar-refractivity contribution in [2.24, 2.45) is 0 Å². The van der Waals surface area contributed by atoms with Crippen LogP contribution in [0.2, 0.25) is 0 Å². The standard InChI is InChI=1S/C25H22N4O2/c30-24-8-4-14-29(24)16-18-5-3-6-20(15-18)25(31)26-21-11-9-19(10-12-21)22-17-28-13-2-1-7-23(28)27-22/h1-3,5-7,9-13,15,17H,4,8,14,16H2,(H,26,31). The summed E-state index contributed by atoms with van der Waals surface area (Å²) in [6, 6.07) is 21.0. The van der Waals surface area contributed by atoms with Crippen molar-refractivity contribution in [3.63, 3.8) is 0 Å². The molecule has 1 fully saturated rings. The molecule has 0 saturated carbocycles. The maximum absolute atomic E-state index is 12.7. The van der Waals surface area contributed by atoms with Crippen molar-refractivity contribution < 1.29 is 9.59 Å². The van der Waals surface area contributed by atoms with Crippen LogP contribution in [-0.4, -0.2) is 32.6 Å². The first kappa shape index (κ1) is 19.1. The van der Waals surface area contributed by atoms with E-state index in [9.17, 15) is 9.59 Å². The lowest BCUT2D eigenvalue weighted by molar-refractivity contribution is -0.128. The fraction of sp³-hybridized carbons (Fsp3) is 0.160. The van der Waals surface area contributed by atoms with Crippen molar-refractivity contribution >= 4 is 23.1 Å². The predicted molar refractivity (Wildman–Crippen MR) is 120 cm³/mol. The fourth-order valence-corrected chi connectivity index (χ4v) is 3.90. The maximum atomic E-state index is 12.7. The zero-order valence-electron chi connectivity index (χ0n) is 17.0. The topological polar surface area (TPSA) is 66.7 Å². The number of pyridine rings is 1. The normalized spacial score (nSPS) is 13.7. The molecule has 1 N–H and O–H groups in total. The Morgan fingerprint density at radius 2 is 1.90 bits per heavy atom. The zero-order chi connectivity index (χ0) is 21.2. The van der Waals surface area contributed by atoms with Gasteiger partial charge in [-0.15, -0.1) is 0 Å². The van der Waals surface area contributed by atoms with E-state index in [1.54, 1.807) is 6.07 Å². The quantitative estimate of drug-likeness (QED) is 0.531. The Hall–Kier alpha value is -3.93. The highest BCUT2D eigenvalue weighted by molar-refractivity contribution is 6.04. The van der Waals surface area contributed by atoms with E-state index in [0.29, 0.717) is 18.5 Å². The minimum Gasteiger partial charge on any atom is -0.338 e. The molecule has 5 rings (SSSR count). The Labute approximate surface area is 180 Å². The summed E-state index contributed by atoms with van der Waals surface area (Å²) in [6.45, 7) is 1.33. The molecule has 0 unspecified atom stereocenters. The molecule has 1 aliphatic heterocycles. The number of carbonyl (C=O) groups excluding carboxylic acids is 2. The molecule has 6 nitrogen and oxygen atoms in total. The van der Waals surface area contributed by atoms with Crippen molar-refractivity contribution in [1.29, 1.82) is 0 Å². The first-order valence-electron chi connectivity index (χ1n) is 10.4. The van der Waals surface area contributed by atoms with Gasteiger partial charge in [0.1, 0.15) is 5.65 Å². The Balaban J connectivity index is 1.28. The molecule has 0 atom stereocenters. The maximum Gasteiger partial charge on any atom is 0.255 e. The molecule has 6 heteroatoms. The van der Waals surface area contributed by atoms with Gasteiger partial charge in [0.15, 0.2) is 0 Å². The lowest BCUT2D eigenvalue weighted by Crippen LogP contribution is -2.24. The number of carbonyl (C=O) groups is 2. The van der Waals surface area contributed by atoms with Crippen LogP contribution in [0.4, 0.5) is 5.69 Å². The molecule has 0 spiro atoms. The molecule has 2 amide bonds. The molecular formula is C25H22N4O2. The van der Waals surface area contributed by atoms with Crippen LogP contribution >= 0.6 is 0 Å². The summed E-state index contributed by atoms with van der Waals surface area (Å²) in [4.78, 5) is 31.1. The van der Waals surface area contributed by atoms with Gasteiger partial charge in [-0.05, 0) is 48.4 Å². The summed E-state index contributed by atoms with van der Waals surface area (Å²) >= 11 is 0. The zero-order valence-corrected chi connectivity index (χ0v) is 17.0. The number of aromatic nitrogens is 2. The van der Waals surface area contributed by atoms with Gasteiger partial charge in [-0.25, -0.2) is 4.98 Å². The van der Waals surface area contributed by atoms with E-state index in [4.69, 9.17) is 0 Å². The third-order valence-corrected chi connectivity index (χ3v) is 5.54. The number of hydrogen-bond acceptors (Lipinski definition) is 3. The van der Waals surface area contributed by atoms with Crippen molar-refractivity contribution in [1.82, 2.24) is 14.3 Å². The number of rotatable bonds is 5. The molecule has 0 aliphatic carbocycles. The summed E-state index contributed by atoms with van der Waals surface area (Å²) in [5.41, 5.74) is 5.02. The first-order valence-corrected chi connectivity index (χ1v) is 10.4. The fourth-order valence-electron chi connectivity index (χ4n) is 3.90.